The van der Waals surface area contributed by atoms with Crippen LogP contribution in [0, 0.1) is 0 Å². The molecule has 1 N–H and O–H groups in total. The standard InChI is InChI=1S/C22H29N2O2/c1-25-22-16-19(20(23)12-15-24-13-6-3-7-14-24)10-11-21(22)26-17-18-8-4-2-5-9-18/h2,4-5,8-11,16,20,23H,3,6-7,12-15,17H2,1H3. The first-order chi connectivity index (χ1) is 12.8. The molecule has 1 unspecified atom stereocenters. The van der Waals surface area contributed by atoms with Crippen molar-refractivity contribution in [1.82, 2.24) is 10.6 Å². The van der Waals surface area contributed by atoms with E-state index in [-0.39, 0.29) is 6.04 Å². The van der Waals surface area contributed by atoms with Gasteiger partial charge in [-0.05, 0) is 62.2 Å². The van der Waals surface area contributed by atoms with E-state index in [0.717, 1.165) is 29.8 Å². The van der Waals surface area contributed by atoms with Gasteiger partial charge in [0, 0.05) is 6.04 Å². The van der Waals surface area contributed by atoms with Crippen molar-refractivity contribution >= 4 is 0 Å². The first-order valence-corrected chi connectivity index (χ1v) is 9.54. The molecule has 1 radical (unpaired) electrons. The Balaban J connectivity index is 1.58. The minimum absolute atomic E-state index is 0.228. The van der Waals surface area contributed by atoms with Crippen molar-refractivity contribution in [3.8, 4) is 11.5 Å². The molecule has 1 saturated heterocycles. The van der Waals surface area contributed by atoms with Crippen molar-refractivity contribution in [3.05, 3.63) is 59.7 Å². The number of benzene rings is 2. The molecule has 0 aromatic heterocycles. The Morgan fingerprint density at radius 2 is 1.77 bits per heavy atom. The third kappa shape index (κ3) is 5.23. The lowest BCUT2D eigenvalue weighted by atomic mass is 10.0. The Hall–Kier alpha value is -2.04. The van der Waals surface area contributed by atoms with E-state index in [0.29, 0.717) is 12.4 Å². The van der Waals surface area contributed by atoms with Crippen molar-refractivity contribution < 1.29 is 9.47 Å². The van der Waals surface area contributed by atoms with Crippen LogP contribution >= 0.6 is 0 Å². The molecule has 3 rings (SSSR count). The quantitative estimate of drug-likeness (QED) is 0.703. The number of methoxy groups -OCH3 is 1. The lowest BCUT2D eigenvalue weighted by Crippen LogP contribution is -2.31. The summed E-state index contributed by atoms with van der Waals surface area (Å²) < 4.78 is 11.4. The zero-order valence-corrected chi connectivity index (χ0v) is 15.6. The van der Waals surface area contributed by atoms with Gasteiger partial charge >= 0.3 is 0 Å². The molecule has 2 aromatic carbocycles. The largest absolute Gasteiger partial charge is 0.493 e. The number of piperidine rings is 1. The van der Waals surface area contributed by atoms with Crippen molar-refractivity contribution in [1.29, 1.82) is 0 Å². The van der Waals surface area contributed by atoms with Crippen LogP contribution in [0.5, 0.6) is 11.5 Å². The van der Waals surface area contributed by atoms with Crippen molar-refractivity contribution in [2.75, 3.05) is 26.7 Å². The summed E-state index contributed by atoms with van der Waals surface area (Å²) in [4.78, 5) is 2.49. The van der Waals surface area contributed by atoms with Crippen LogP contribution in [0.2, 0.25) is 0 Å². The number of hydrogen-bond acceptors (Lipinski definition) is 3. The van der Waals surface area contributed by atoms with Gasteiger partial charge in [-0.3, -0.25) is 0 Å². The molecule has 4 nitrogen and oxygen atoms in total. The molecule has 0 bridgehead atoms. The smallest absolute Gasteiger partial charge is 0.161 e. The van der Waals surface area contributed by atoms with Gasteiger partial charge in [0.2, 0.25) is 0 Å². The molecule has 0 aliphatic carbocycles. The van der Waals surface area contributed by atoms with E-state index in [9.17, 15) is 0 Å². The summed E-state index contributed by atoms with van der Waals surface area (Å²) >= 11 is 0. The highest BCUT2D eigenvalue weighted by Gasteiger charge is 2.15. The summed E-state index contributed by atoms with van der Waals surface area (Å²) in [7, 11) is 1.65. The highest BCUT2D eigenvalue weighted by atomic mass is 16.5. The molecule has 1 heterocycles. The van der Waals surface area contributed by atoms with Crippen molar-refractivity contribution in [2.45, 2.75) is 38.3 Å². The van der Waals surface area contributed by atoms with Crippen LogP contribution < -0.4 is 15.2 Å². The normalized spacial score (nSPS) is 16.2. The fourth-order valence-electron chi connectivity index (χ4n) is 3.42. The molecular weight excluding hydrogens is 324 g/mol. The lowest BCUT2D eigenvalue weighted by Gasteiger charge is -2.27. The third-order valence-electron chi connectivity index (χ3n) is 5.01. The first kappa shape index (κ1) is 18.7. The maximum Gasteiger partial charge on any atom is 0.161 e. The van der Waals surface area contributed by atoms with E-state index >= 15 is 0 Å². The van der Waals surface area contributed by atoms with Gasteiger partial charge < -0.3 is 14.4 Å². The number of rotatable bonds is 8. The molecule has 0 amide bonds. The molecule has 0 saturated carbocycles. The van der Waals surface area contributed by atoms with Crippen LogP contribution in [0.1, 0.15) is 42.9 Å². The second-order valence-corrected chi connectivity index (χ2v) is 6.93. The number of nitrogens with one attached hydrogen (secondary N) is 1. The Labute approximate surface area is 156 Å². The summed E-state index contributed by atoms with van der Waals surface area (Å²) in [6, 6.07) is 15.7. The SMILES string of the molecule is COc1cc(C([NH])CCN2CCCCC2)ccc1OCc1ccccc1. The Morgan fingerprint density at radius 3 is 2.50 bits per heavy atom. The van der Waals surface area contributed by atoms with Crippen LogP contribution in [0.15, 0.2) is 48.5 Å². The number of nitrogens with zero attached hydrogens (tertiary/aromatic N) is 1. The predicted octanol–water partition coefficient (Wildman–Crippen LogP) is 4.47. The fourth-order valence-corrected chi connectivity index (χ4v) is 3.42. The summed E-state index contributed by atoms with van der Waals surface area (Å²) in [5.41, 5.74) is 10.6. The average Bonchev–Trinajstić information content (AvgIpc) is 2.72. The average molecular weight is 353 g/mol. The summed E-state index contributed by atoms with van der Waals surface area (Å²) in [6.45, 7) is 3.88. The number of ether oxygens (including phenoxy) is 2. The summed E-state index contributed by atoms with van der Waals surface area (Å²) in [5, 5.41) is 0. The molecule has 1 atom stereocenters. The van der Waals surface area contributed by atoms with Crippen LogP contribution in [0.3, 0.4) is 0 Å². The Bertz CT molecular complexity index is 669. The van der Waals surface area contributed by atoms with Crippen LogP contribution in [-0.4, -0.2) is 31.6 Å². The molecule has 2 aromatic rings. The second-order valence-electron chi connectivity index (χ2n) is 6.93. The molecule has 1 aliphatic rings. The van der Waals surface area contributed by atoms with E-state index in [4.69, 9.17) is 15.2 Å². The molecule has 1 aliphatic heterocycles. The van der Waals surface area contributed by atoms with Gasteiger partial charge in [-0.15, -0.1) is 0 Å². The second kappa shape index (κ2) is 9.60. The third-order valence-corrected chi connectivity index (χ3v) is 5.01. The van der Waals surface area contributed by atoms with Gasteiger partial charge in [-0.2, -0.15) is 0 Å². The topological polar surface area (TPSA) is 45.5 Å². The van der Waals surface area contributed by atoms with E-state index in [2.05, 4.69) is 4.90 Å². The zero-order chi connectivity index (χ0) is 18.2. The van der Waals surface area contributed by atoms with Crippen molar-refractivity contribution in [2.24, 2.45) is 0 Å². The molecule has 1 fully saturated rings. The van der Waals surface area contributed by atoms with Crippen LogP contribution in [0.25, 0.3) is 0 Å². The zero-order valence-electron chi connectivity index (χ0n) is 15.6. The van der Waals surface area contributed by atoms with E-state index < -0.39 is 0 Å². The molecule has 4 heteroatoms. The minimum Gasteiger partial charge on any atom is -0.493 e. The van der Waals surface area contributed by atoms with E-state index in [1.54, 1.807) is 7.11 Å². The fraction of sp³-hybridized carbons (Fsp3) is 0.455. The number of likely N-dealkylation sites (tertiary alicyclic amines) is 1. The van der Waals surface area contributed by atoms with Gasteiger partial charge in [0.1, 0.15) is 6.61 Å². The van der Waals surface area contributed by atoms with Crippen LogP contribution in [0.4, 0.5) is 0 Å². The summed E-state index contributed by atoms with van der Waals surface area (Å²) in [6.07, 6.45) is 4.80. The molecule has 0 spiro atoms. The Morgan fingerprint density at radius 1 is 1.00 bits per heavy atom. The minimum atomic E-state index is -0.228. The van der Waals surface area contributed by atoms with E-state index in [1.807, 2.05) is 48.5 Å². The maximum absolute atomic E-state index is 8.49. The van der Waals surface area contributed by atoms with Gasteiger partial charge in [0.05, 0.1) is 7.11 Å². The monoisotopic (exact) mass is 353 g/mol. The summed E-state index contributed by atoms with van der Waals surface area (Å²) in [5.74, 6) is 1.43. The molecule has 139 valence electrons. The highest BCUT2D eigenvalue weighted by Crippen LogP contribution is 2.31. The highest BCUT2D eigenvalue weighted by molar-refractivity contribution is 5.44. The Kier molecular flexibility index (Phi) is 6.92. The molecule has 26 heavy (non-hydrogen) atoms. The first-order valence-electron chi connectivity index (χ1n) is 9.54. The van der Waals surface area contributed by atoms with Gasteiger partial charge in [-0.1, -0.05) is 42.8 Å². The predicted molar refractivity (Wildman–Crippen MR) is 105 cm³/mol. The van der Waals surface area contributed by atoms with E-state index in [1.165, 1.54) is 32.4 Å². The van der Waals surface area contributed by atoms with Crippen molar-refractivity contribution in [3.63, 3.8) is 0 Å². The lowest BCUT2D eigenvalue weighted by molar-refractivity contribution is 0.220. The van der Waals surface area contributed by atoms with Gasteiger partial charge in [0.15, 0.2) is 11.5 Å². The van der Waals surface area contributed by atoms with Gasteiger partial charge in [-0.25, -0.2) is 5.73 Å². The number of hydrogen-bond donors (Lipinski definition) is 0. The van der Waals surface area contributed by atoms with Crippen LogP contribution in [-0.2, 0) is 6.61 Å². The maximum atomic E-state index is 8.49. The van der Waals surface area contributed by atoms with Gasteiger partial charge in [0.25, 0.3) is 0 Å². The molecular formula is C22H29N2O2.